The summed E-state index contributed by atoms with van der Waals surface area (Å²) in [6.07, 6.45) is 2.28. The molecule has 1 N–H and O–H groups in total. The van der Waals surface area contributed by atoms with Crippen LogP contribution in [0.25, 0.3) is 0 Å². The first-order chi connectivity index (χ1) is 10.0. The number of hydrogen-bond acceptors (Lipinski definition) is 4. The molecule has 2 aliphatic heterocycles. The van der Waals surface area contributed by atoms with Crippen molar-refractivity contribution in [2.45, 2.75) is 18.9 Å². The van der Waals surface area contributed by atoms with Gasteiger partial charge >= 0.3 is 0 Å². The number of amides is 1. The number of nitrogens with one attached hydrogen (secondary N) is 1. The summed E-state index contributed by atoms with van der Waals surface area (Å²) >= 11 is 3.23. The van der Waals surface area contributed by atoms with Crippen molar-refractivity contribution in [3.8, 4) is 0 Å². The Bertz CT molecular complexity index is 579. The Kier molecular flexibility index (Phi) is 3.95. The van der Waals surface area contributed by atoms with Gasteiger partial charge in [0.05, 0.1) is 4.92 Å². The molecule has 0 radical (unpaired) electrons. The third-order valence-corrected chi connectivity index (χ3v) is 4.68. The van der Waals surface area contributed by atoms with E-state index in [0.29, 0.717) is 28.5 Å². The Hall–Kier alpha value is -1.47. The van der Waals surface area contributed by atoms with Crippen molar-refractivity contribution < 1.29 is 9.72 Å². The number of nitro groups is 1. The van der Waals surface area contributed by atoms with E-state index in [-0.39, 0.29) is 11.6 Å². The molecule has 0 aliphatic carbocycles. The molecule has 2 fully saturated rings. The minimum Gasteiger partial charge on any atom is -0.337 e. The lowest BCUT2D eigenvalue weighted by atomic mass is 9.94. The second-order valence-electron chi connectivity index (χ2n) is 5.63. The zero-order valence-electron chi connectivity index (χ0n) is 11.4. The maximum absolute atomic E-state index is 12.6. The molecule has 0 bridgehead atoms. The van der Waals surface area contributed by atoms with E-state index in [2.05, 4.69) is 21.2 Å². The number of hydrogen-bond donors (Lipinski definition) is 1. The van der Waals surface area contributed by atoms with Crippen molar-refractivity contribution in [3.05, 3.63) is 38.3 Å². The second kappa shape index (κ2) is 5.73. The minimum atomic E-state index is -0.479. The third-order valence-electron chi connectivity index (χ3n) is 4.23. The van der Waals surface area contributed by atoms with E-state index in [9.17, 15) is 14.9 Å². The highest BCUT2D eigenvalue weighted by atomic mass is 79.9. The van der Waals surface area contributed by atoms with Crippen LogP contribution in [0.2, 0.25) is 0 Å². The van der Waals surface area contributed by atoms with Gasteiger partial charge in [-0.2, -0.15) is 0 Å². The second-order valence-corrected chi connectivity index (χ2v) is 6.54. The topological polar surface area (TPSA) is 75.5 Å². The lowest BCUT2D eigenvalue weighted by molar-refractivity contribution is -0.385. The molecule has 1 aromatic rings. The summed E-state index contributed by atoms with van der Waals surface area (Å²) in [5.41, 5.74) is 0.303. The van der Waals surface area contributed by atoms with Gasteiger partial charge in [-0.3, -0.25) is 14.9 Å². The van der Waals surface area contributed by atoms with E-state index in [4.69, 9.17) is 0 Å². The normalized spacial score (nSPS) is 24.7. The number of nitrogens with zero attached hydrogens (tertiary/aromatic N) is 2. The molecule has 2 aliphatic rings. The van der Waals surface area contributed by atoms with Crippen molar-refractivity contribution in [3.63, 3.8) is 0 Å². The summed E-state index contributed by atoms with van der Waals surface area (Å²) in [6.45, 7) is 2.42. The van der Waals surface area contributed by atoms with Crippen molar-refractivity contribution in [1.82, 2.24) is 10.2 Å². The average Bonchev–Trinajstić information content (AvgIpc) is 2.89. The molecule has 6 nitrogen and oxygen atoms in total. The van der Waals surface area contributed by atoms with Crippen LogP contribution in [0.15, 0.2) is 22.7 Å². The molecule has 2 heterocycles. The SMILES string of the molecule is O=C(c1cc(Br)cc([N+](=O)[O-])c1)N1C[C@@H]2CCCN[C@@H]2C1. The smallest absolute Gasteiger partial charge is 0.271 e. The predicted molar refractivity (Wildman–Crippen MR) is 81.2 cm³/mol. The predicted octanol–water partition coefficient (Wildman–Crippen LogP) is 2.18. The number of carbonyl (C=O) groups is 1. The number of fused-ring (bicyclic) bond motifs is 1. The molecule has 2 atom stereocenters. The zero-order chi connectivity index (χ0) is 15.0. The lowest BCUT2D eigenvalue weighted by Crippen LogP contribution is -2.41. The van der Waals surface area contributed by atoms with Crippen molar-refractivity contribution in [2.24, 2.45) is 5.92 Å². The number of piperidine rings is 1. The average molecular weight is 354 g/mol. The maximum atomic E-state index is 12.6. The molecule has 0 saturated carbocycles. The Labute approximate surface area is 130 Å². The van der Waals surface area contributed by atoms with Crippen LogP contribution in [0.1, 0.15) is 23.2 Å². The van der Waals surface area contributed by atoms with Gasteiger partial charge in [0.15, 0.2) is 0 Å². The summed E-state index contributed by atoms with van der Waals surface area (Å²) in [4.78, 5) is 24.8. The van der Waals surface area contributed by atoms with Crippen LogP contribution < -0.4 is 5.32 Å². The monoisotopic (exact) mass is 353 g/mol. The van der Waals surface area contributed by atoms with E-state index in [1.165, 1.54) is 12.1 Å². The van der Waals surface area contributed by atoms with Crippen LogP contribution in [0.3, 0.4) is 0 Å². The quantitative estimate of drug-likeness (QED) is 0.653. The molecule has 0 spiro atoms. The molecule has 1 amide bonds. The van der Waals surface area contributed by atoms with Gasteiger partial charge in [-0.1, -0.05) is 15.9 Å². The third kappa shape index (κ3) is 2.94. The number of halogens is 1. The van der Waals surface area contributed by atoms with Crippen molar-refractivity contribution in [1.29, 1.82) is 0 Å². The Morgan fingerprint density at radius 3 is 2.90 bits per heavy atom. The number of rotatable bonds is 2. The first-order valence-corrected chi connectivity index (χ1v) is 7.81. The van der Waals surface area contributed by atoms with Crippen molar-refractivity contribution >= 4 is 27.5 Å². The summed E-state index contributed by atoms with van der Waals surface area (Å²) < 4.78 is 0.551. The summed E-state index contributed by atoms with van der Waals surface area (Å²) in [6, 6.07) is 4.76. The van der Waals surface area contributed by atoms with E-state index in [1.54, 1.807) is 11.0 Å². The van der Waals surface area contributed by atoms with Crippen LogP contribution in [-0.4, -0.2) is 41.4 Å². The van der Waals surface area contributed by atoms with E-state index in [0.717, 1.165) is 25.9 Å². The molecule has 21 heavy (non-hydrogen) atoms. The molecule has 3 rings (SSSR count). The summed E-state index contributed by atoms with van der Waals surface area (Å²) in [7, 11) is 0. The van der Waals surface area contributed by atoms with E-state index in [1.807, 2.05) is 0 Å². The van der Waals surface area contributed by atoms with Crippen LogP contribution in [0.5, 0.6) is 0 Å². The fourth-order valence-corrected chi connectivity index (χ4v) is 3.68. The van der Waals surface area contributed by atoms with Crippen LogP contribution in [0.4, 0.5) is 5.69 Å². The first kappa shape index (κ1) is 14.5. The maximum Gasteiger partial charge on any atom is 0.271 e. The fourth-order valence-electron chi connectivity index (χ4n) is 3.20. The van der Waals surface area contributed by atoms with Gasteiger partial charge in [0, 0.05) is 41.3 Å². The molecule has 112 valence electrons. The summed E-state index contributed by atoms with van der Waals surface area (Å²) in [5.74, 6) is 0.375. The zero-order valence-corrected chi connectivity index (χ0v) is 13.0. The van der Waals surface area contributed by atoms with Gasteiger partial charge in [-0.15, -0.1) is 0 Å². The van der Waals surface area contributed by atoms with Crippen LogP contribution in [-0.2, 0) is 0 Å². The van der Waals surface area contributed by atoms with Gasteiger partial charge in [0.1, 0.15) is 0 Å². The standard InChI is InChI=1S/C14H16BrN3O3/c15-11-4-10(5-12(6-11)18(20)21)14(19)17-7-9-2-1-3-16-13(9)8-17/h4-6,9,13,16H,1-3,7-8H2/t9-,13+/m0/s1. The van der Waals surface area contributed by atoms with Gasteiger partial charge in [0.25, 0.3) is 11.6 Å². The minimum absolute atomic E-state index is 0.0672. The molecular formula is C14H16BrN3O3. The molecule has 1 aromatic carbocycles. The van der Waals surface area contributed by atoms with Gasteiger partial charge in [0.2, 0.25) is 0 Å². The van der Waals surface area contributed by atoms with Crippen LogP contribution in [0, 0.1) is 16.0 Å². The number of benzene rings is 1. The number of likely N-dealkylation sites (tertiary alicyclic amines) is 1. The molecule has 2 saturated heterocycles. The van der Waals surface area contributed by atoms with Gasteiger partial charge in [-0.05, 0) is 31.4 Å². The summed E-state index contributed by atoms with van der Waals surface area (Å²) in [5, 5.41) is 14.4. The number of carbonyl (C=O) groups excluding carboxylic acids is 1. The molecule has 0 aromatic heterocycles. The highest BCUT2D eigenvalue weighted by Crippen LogP contribution is 2.28. The van der Waals surface area contributed by atoms with Crippen LogP contribution >= 0.6 is 15.9 Å². The Balaban J connectivity index is 1.81. The van der Waals surface area contributed by atoms with E-state index < -0.39 is 4.92 Å². The number of nitro benzene ring substituents is 1. The van der Waals surface area contributed by atoms with Crippen molar-refractivity contribution in [2.75, 3.05) is 19.6 Å². The first-order valence-electron chi connectivity index (χ1n) is 7.02. The highest BCUT2D eigenvalue weighted by molar-refractivity contribution is 9.10. The van der Waals surface area contributed by atoms with E-state index >= 15 is 0 Å². The number of non-ortho nitro benzene ring substituents is 1. The molecule has 7 heteroatoms. The Morgan fingerprint density at radius 1 is 1.38 bits per heavy atom. The highest BCUT2D eigenvalue weighted by Gasteiger charge is 2.36. The lowest BCUT2D eigenvalue weighted by Gasteiger charge is -2.24. The van der Waals surface area contributed by atoms with Gasteiger partial charge < -0.3 is 10.2 Å². The Morgan fingerprint density at radius 2 is 2.19 bits per heavy atom. The molecular weight excluding hydrogens is 338 g/mol. The molecule has 0 unspecified atom stereocenters. The fraction of sp³-hybridized carbons (Fsp3) is 0.500. The largest absolute Gasteiger partial charge is 0.337 e. The van der Waals surface area contributed by atoms with Gasteiger partial charge in [-0.25, -0.2) is 0 Å².